The molecule has 3 rings (SSSR count). The van der Waals surface area contributed by atoms with Gasteiger partial charge in [-0.05, 0) is 37.0 Å². The number of imidazole rings is 1. The first kappa shape index (κ1) is 16.4. The number of fused-ring (bicyclic) bond motifs is 1. The Balaban J connectivity index is 1.99. The van der Waals surface area contributed by atoms with Crippen LogP contribution in [-0.4, -0.2) is 41.5 Å². The van der Waals surface area contributed by atoms with E-state index < -0.39 is 0 Å². The van der Waals surface area contributed by atoms with Gasteiger partial charge in [-0.2, -0.15) is 0 Å². The number of hydrogen-bond donors (Lipinski definition) is 2. The van der Waals surface area contributed by atoms with Crippen molar-refractivity contribution in [1.29, 1.82) is 0 Å². The van der Waals surface area contributed by atoms with Gasteiger partial charge in [-0.15, -0.1) is 0 Å². The number of nitrogens with zero attached hydrogens (tertiary/aromatic N) is 2. The summed E-state index contributed by atoms with van der Waals surface area (Å²) < 4.78 is 5.43. The first-order valence-corrected chi connectivity index (χ1v) is 8.14. The van der Waals surface area contributed by atoms with Crippen LogP contribution in [0.4, 0.5) is 5.95 Å². The number of nitrogens with one attached hydrogen (secondary N) is 1. The molecule has 2 aromatic rings. The first-order chi connectivity index (χ1) is 11.4. The Kier molecular flexibility index (Phi) is 4.22. The lowest BCUT2D eigenvalue weighted by Gasteiger charge is -2.20. The smallest absolute Gasteiger partial charge is 0.231 e. The summed E-state index contributed by atoms with van der Waals surface area (Å²) in [4.78, 5) is 22.1. The SMILES string of the molecule is COc1c(C)cc(CC2C(=O)N(C)CCc3[nH]c(N)nc32)cc1C. The molecule has 0 spiro atoms. The van der Waals surface area contributed by atoms with Crippen molar-refractivity contribution in [2.24, 2.45) is 0 Å². The number of carbonyl (C=O) groups excluding carboxylic acids is 1. The molecule has 1 unspecified atom stereocenters. The molecular formula is C18H24N4O2. The summed E-state index contributed by atoms with van der Waals surface area (Å²) in [5.41, 5.74) is 10.8. The molecular weight excluding hydrogens is 304 g/mol. The second-order valence-electron chi connectivity index (χ2n) is 6.52. The van der Waals surface area contributed by atoms with Crippen molar-refractivity contribution in [1.82, 2.24) is 14.9 Å². The number of aromatic amines is 1. The Labute approximate surface area is 142 Å². The number of hydrogen-bond acceptors (Lipinski definition) is 4. The zero-order valence-electron chi connectivity index (χ0n) is 14.6. The average molecular weight is 328 g/mol. The molecule has 1 amide bonds. The molecule has 0 saturated heterocycles. The highest BCUT2D eigenvalue weighted by atomic mass is 16.5. The Hall–Kier alpha value is -2.50. The number of ether oxygens (including phenoxy) is 1. The van der Waals surface area contributed by atoms with Gasteiger partial charge in [0.2, 0.25) is 5.91 Å². The third-order valence-electron chi connectivity index (χ3n) is 4.69. The van der Waals surface area contributed by atoms with E-state index in [4.69, 9.17) is 10.5 Å². The van der Waals surface area contributed by atoms with Gasteiger partial charge in [-0.1, -0.05) is 12.1 Å². The molecule has 0 bridgehead atoms. The van der Waals surface area contributed by atoms with Crippen LogP contribution in [0.1, 0.15) is 34.0 Å². The van der Waals surface area contributed by atoms with E-state index in [9.17, 15) is 4.79 Å². The third-order valence-corrected chi connectivity index (χ3v) is 4.69. The average Bonchev–Trinajstić information content (AvgIpc) is 2.85. The summed E-state index contributed by atoms with van der Waals surface area (Å²) >= 11 is 0. The van der Waals surface area contributed by atoms with Gasteiger partial charge in [-0.25, -0.2) is 4.98 Å². The lowest BCUT2D eigenvalue weighted by Crippen LogP contribution is -2.32. The van der Waals surface area contributed by atoms with Crippen molar-refractivity contribution in [3.63, 3.8) is 0 Å². The number of aryl methyl sites for hydroxylation is 2. The van der Waals surface area contributed by atoms with E-state index in [1.54, 1.807) is 12.0 Å². The summed E-state index contributed by atoms with van der Waals surface area (Å²) in [6, 6.07) is 4.17. The van der Waals surface area contributed by atoms with Gasteiger partial charge in [0, 0.05) is 25.7 Å². The van der Waals surface area contributed by atoms with Crippen LogP contribution in [-0.2, 0) is 17.6 Å². The number of nitrogen functional groups attached to an aromatic ring is 1. The zero-order chi connectivity index (χ0) is 17.4. The molecule has 0 aliphatic carbocycles. The monoisotopic (exact) mass is 328 g/mol. The van der Waals surface area contributed by atoms with E-state index in [2.05, 4.69) is 22.1 Å². The molecule has 128 valence electrons. The number of H-pyrrole nitrogens is 1. The number of nitrogens with two attached hydrogens (primary N) is 1. The Morgan fingerprint density at radius 2 is 2.04 bits per heavy atom. The fourth-order valence-electron chi connectivity index (χ4n) is 3.59. The van der Waals surface area contributed by atoms with Crippen molar-refractivity contribution in [3.8, 4) is 5.75 Å². The minimum absolute atomic E-state index is 0.0892. The number of aromatic nitrogens is 2. The van der Waals surface area contributed by atoms with Crippen LogP contribution < -0.4 is 10.5 Å². The van der Waals surface area contributed by atoms with Crippen LogP contribution in [0.2, 0.25) is 0 Å². The zero-order valence-corrected chi connectivity index (χ0v) is 14.6. The fraction of sp³-hybridized carbons (Fsp3) is 0.444. The van der Waals surface area contributed by atoms with Crippen molar-refractivity contribution in [2.45, 2.75) is 32.6 Å². The van der Waals surface area contributed by atoms with Crippen molar-refractivity contribution >= 4 is 11.9 Å². The Morgan fingerprint density at radius 3 is 2.67 bits per heavy atom. The quantitative estimate of drug-likeness (QED) is 0.902. The molecule has 0 fully saturated rings. The summed E-state index contributed by atoms with van der Waals surface area (Å²) in [5.74, 6) is 1.05. The highest BCUT2D eigenvalue weighted by Gasteiger charge is 2.32. The van der Waals surface area contributed by atoms with Crippen LogP contribution >= 0.6 is 0 Å². The molecule has 6 nitrogen and oxygen atoms in total. The number of carbonyl (C=O) groups is 1. The lowest BCUT2D eigenvalue weighted by molar-refractivity contribution is -0.131. The minimum atomic E-state index is -0.312. The standard InChI is InChI=1S/C18H24N4O2/c1-10-7-12(8-11(2)16(10)24-4)9-13-15-14(20-18(19)21-15)5-6-22(3)17(13)23/h7-8,13H,5-6,9H2,1-4H3,(H3,19,20,21). The maximum Gasteiger partial charge on any atom is 0.231 e. The van der Waals surface area contributed by atoms with Crippen LogP contribution in [0, 0.1) is 13.8 Å². The van der Waals surface area contributed by atoms with Crippen LogP contribution in [0.3, 0.4) is 0 Å². The summed E-state index contributed by atoms with van der Waals surface area (Å²) in [6.07, 6.45) is 1.35. The predicted octanol–water partition coefficient (Wildman–Crippen LogP) is 1.96. The maximum atomic E-state index is 12.8. The second-order valence-corrected chi connectivity index (χ2v) is 6.52. The van der Waals surface area contributed by atoms with E-state index >= 15 is 0 Å². The number of amides is 1. The third kappa shape index (κ3) is 2.84. The highest BCUT2D eigenvalue weighted by molar-refractivity contribution is 5.84. The number of likely N-dealkylation sites (N-methyl/N-ethyl adjacent to an activating group) is 1. The Bertz CT molecular complexity index is 758. The van der Waals surface area contributed by atoms with Crippen molar-refractivity contribution < 1.29 is 9.53 Å². The van der Waals surface area contributed by atoms with Gasteiger partial charge < -0.3 is 20.4 Å². The number of anilines is 1. The van der Waals surface area contributed by atoms with E-state index in [1.165, 1.54) is 0 Å². The molecule has 3 N–H and O–H groups in total. The normalized spacial score (nSPS) is 17.6. The van der Waals surface area contributed by atoms with Gasteiger partial charge in [-0.3, -0.25) is 4.79 Å². The van der Waals surface area contributed by atoms with Crippen molar-refractivity contribution in [3.05, 3.63) is 40.2 Å². The van der Waals surface area contributed by atoms with Gasteiger partial charge in [0.25, 0.3) is 0 Å². The van der Waals surface area contributed by atoms with E-state index in [1.807, 2.05) is 20.9 Å². The maximum absolute atomic E-state index is 12.8. The number of methoxy groups -OCH3 is 1. The first-order valence-electron chi connectivity index (χ1n) is 8.14. The fourth-order valence-corrected chi connectivity index (χ4v) is 3.59. The summed E-state index contributed by atoms with van der Waals surface area (Å²) in [5, 5.41) is 0. The van der Waals surface area contributed by atoms with Crippen LogP contribution in [0.5, 0.6) is 5.75 Å². The van der Waals surface area contributed by atoms with Gasteiger partial charge in [0.05, 0.1) is 18.7 Å². The molecule has 6 heteroatoms. The molecule has 1 aliphatic heterocycles. The molecule has 1 aromatic carbocycles. The highest BCUT2D eigenvalue weighted by Crippen LogP contribution is 2.31. The van der Waals surface area contributed by atoms with Gasteiger partial charge >= 0.3 is 0 Å². The summed E-state index contributed by atoms with van der Waals surface area (Å²) in [7, 11) is 3.52. The second kappa shape index (κ2) is 6.19. The predicted molar refractivity (Wildman–Crippen MR) is 93.3 cm³/mol. The van der Waals surface area contributed by atoms with Crippen LogP contribution in [0.15, 0.2) is 12.1 Å². The molecule has 0 radical (unpaired) electrons. The number of rotatable bonds is 3. The van der Waals surface area contributed by atoms with E-state index in [-0.39, 0.29) is 11.8 Å². The van der Waals surface area contributed by atoms with Crippen LogP contribution in [0.25, 0.3) is 0 Å². The Morgan fingerprint density at radius 1 is 1.38 bits per heavy atom. The molecule has 1 atom stereocenters. The largest absolute Gasteiger partial charge is 0.496 e. The lowest BCUT2D eigenvalue weighted by atomic mass is 9.92. The molecule has 1 aromatic heterocycles. The minimum Gasteiger partial charge on any atom is -0.496 e. The molecule has 0 saturated carbocycles. The topological polar surface area (TPSA) is 84.2 Å². The molecule has 2 heterocycles. The molecule has 1 aliphatic rings. The van der Waals surface area contributed by atoms with E-state index in [0.717, 1.165) is 40.2 Å². The van der Waals surface area contributed by atoms with Crippen molar-refractivity contribution in [2.75, 3.05) is 26.4 Å². The molecule has 24 heavy (non-hydrogen) atoms. The summed E-state index contributed by atoms with van der Waals surface area (Å²) in [6.45, 7) is 4.72. The number of benzene rings is 1. The van der Waals surface area contributed by atoms with Gasteiger partial charge in [0.15, 0.2) is 5.95 Å². The van der Waals surface area contributed by atoms with E-state index in [0.29, 0.717) is 18.9 Å². The van der Waals surface area contributed by atoms with Gasteiger partial charge in [0.1, 0.15) is 5.75 Å².